The van der Waals surface area contributed by atoms with Crippen molar-refractivity contribution in [2.45, 2.75) is 19.0 Å². The Morgan fingerprint density at radius 2 is 1.88 bits per heavy atom. The van der Waals surface area contributed by atoms with Crippen LogP contribution in [-0.4, -0.2) is 65.3 Å². The molecule has 3 heterocycles. The van der Waals surface area contributed by atoms with Crippen molar-refractivity contribution in [3.63, 3.8) is 0 Å². The Bertz CT molecular complexity index is 623. The average Bonchev–Trinajstić information content (AvgIpc) is 3.26. The summed E-state index contributed by atoms with van der Waals surface area (Å²) in [5.41, 5.74) is 3.69. The molecule has 4 rings (SSSR count). The molecule has 1 atom stereocenters. The summed E-state index contributed by atoms with van der Waals surface area (Å²) in [6, 6.07) is 11.2. The molecule has 0 radical (unpaired) electrons. The van der Waals surface area contributed by atoms with E-state index in [2.05, 4.69) is 55.6 Å². The summed E-state index contributed by atoms with van der Waals surface area (Å²) in [5, 5.41) is 10.9. The van der Waals surface area contributed by atoms with E-state index in [1.807, 2.05) is 6.20 Å². The quantitative estimate of drug-likeness (QED) is 0.888. The van der Waals surface area contributed by atoms with Crippen molar-refractivity contribution in [2.75, 3.05) is 39.3 Å². The van der Waals surface area contributed by atoms with Crippen LogP contribution in [0.25, 0.3) is 11.3 Å². The monoisotopic (exact) mass is 347 g/mol. The van der Waals surface area contributed by atoms with Gasteiger partial charge in [-0.15, -0.1) is 12.4 Å². The maximum Gasteiger partial charge on any atom is 0.0695 e. The van der Waals surface area contributed by atoms with Crippen molar-refractivity contribution < 1.29 is 0 Å². The molecule has 1 aromatic carbocycles. The number of aromatic nitrogens is 2. The predicted molar refractivity (Wildman–Crippen MR) is 99.4 cm³/mol. The number of H-pyrrole nitrogens is 1. The first kappa shape index (κ1) is 17.4. The van der Waals surface area contributed by atoms with Gasteiger partial charge in [-0.1, -0.05) is 30.3 Å². The van der Waals surface area contributed by atoms with E-state index >= 15 is 0 Å². The Morgan fingerprint density at radius 3 is 2.67 bits per heavy atom. The van der Waals surface area contributed by atoms with E-state index in [9.17, 15) is 0 Å². The van der Waals surface area contributed by atoms with Gasteiger partial charge in [0, 0.05) is 57.4 Å². The fourth-order valence-electron chi connectivity index (χ4n) is 3.83. The molecule has 0 amide bonds. The van der Waals surface area contributed by atoms with Gasteiger partial charge in [0.05, 0.1) is 11.9 Å². The molecule has 5 nitrogen and oxygen atoms in total. The molecule has 2 fully saturated rings. The third kappa shape index (κ3) is 3.81. The molecule has 2 aliphatic rings. The van der Waals surface area contributed by atoms with E-state index in [0.717, 1.165) is 31.4 Å². The van der Waals surface area contributed by atoms with Crippen LogP contribution in [0.15, 0.2) is 36.5 Å². The van der Waals surface area contributed by atoms with E-state index in [4.69, 9.17) is 0 Å². The first-order chi connectivity index (χ1) is 11.4. The molecule has 0 bridgehead atoms. The minimum absolute atomic E-state index is 0. The van der Waals surface area contributed by atoms with E-state index in [1.165, 1.54) is 43.7 Å². The average molecular weight is 348 g/mol. The Morgan fingerprint density at radius 1 is 1.08 bits per heavy atom. The van der Waals surface area contributed by atoms with Crippen molar-refractivity contribution in [1.82, 2.24) is 25.3 Å². The van der Waals surface area contributed by atoms with Crippen molar-refractivity contribution >= 4 is 12.4 Å². The van der Waals surface area contributed by atoms with E-state index in [1.54, 1.807) is 0 Å². The zero-order chi connectivity index (χ0) is 15.5. The SMILES string of the molecule is Cl.c1ccc(-c2[nH]ncc2CN2CCC(N3CCNCC3)C2)cc1. The van der Waals surface area contributed by atoms with Crippen LogP contribution >= 0.6 is 12.4 Å². The number of hydrogen-bond donors (Lipinski definition) is 2. The van der Waals surface area contributed by atoms with Gasteiger partial charge in [0.2, 0.25) is 0 Å². The number of hydrogen-bond acceptors (Lipinski definition) is 4. The number of nitrogens with zero attached hydrogens (tertiary/aromatic N) is 3. The normalized spacial score (nSPS) is 22.4. The van der Waals surface area contributed by atoms with Crippen molar-refractivity contribution in [2.24, 2.45) is 0 Å². The van der Waals surface area contributed by atoms with Gasteiger partial charge in [0.15, 0.2) is 0 Å². The van der Waals surface area contributed by atoms with Crippen LogP contribution in [-0.2, 0) is 6.54 Å². The summed E-state index contributed by atoms with van der Waals surface area (Å²) in [6.07, 6.45) is 3.28. The lowest BCUT2D eigenvalue weighted by molar-refractivity contribution is 0.170. The minimum Gasteiger partial charge on any atom is -0.314 e. The molecule has 2 saturated heterocycles. The molecule has 1 aromatic heterocycles. The molecule has 2 aromatic rings. The Hall–Kier alpha value is -1.40. The van der Waals surface area contributed by atoms with Crippen LogP contribution in [0.5, 0.6) is 0 Å². The van der Waals surface area contributed by atoms with Gasteiger partial charge in [-0.05, 0) is 12.0 Å². The van der Waals surface area contributed by atoms with Crippen molar-refractivity contribution in [3.8, 4) is 11.3 Å². The van der Waals surface area contributed by atoms with Gasteiger partial charge in [-0.2, -0.15) is 5.10 Å². The Labute approximate surface area is 149 Å². The highest BCUT2D eigenvalue weighted by Crippen LogP contribution is 2.24. The molecule has 130 valence electrons. The second-order valence-corrected chi connectivity index (χ2v) is 6.60. The van der Waals surface area contributed by atoms with Crippen molar-refractivity contribution in [3.05, 3.63) is 42.1 Å². The molecular formula is C18H26ClN5. The highest BCUT2D eigenvalue weighted by molar-refractivity contribution is 5.85. The van der Waals surface area contributed by atoms with E-state index in [-0.39, 0.29) is 12.4 Å². The fraction of sp³-hybridized carbons (Fsp3) is 0.500. The number of likely N-dealkylation sites (tertiary alicyclic amines) is 1. The summed E-state index contributed by atoms with van der Waals surface area (Å²) < 4.78 is 0. The largest absolute Gasteiger partial charge is 0.314 e. The third-order valence-electron chi connectivity index (χ3n) is 5.09. The minimum atomic E-state index is 0. The Kier molecular flexibility index (Phi) is 5.89. The van der Waals surface area contributed by atoms with Gasteiger partial charge >= 0.3 is 0 Å². The second-order valence-electron chi connectivity index (χ2n) is 6.60. The third-order valence-corrected chi connectivity index (χ3v) is 5.09. The van der Waals surface area contributed by atoms with Crippen LogP contribution in [0, 0.1) is 0 Å². The molecule has 6 heteroatoms. The lowest BCUT2D eigenvalue weighted by atomic mass is 10.1. The molecule has 0 saturated carbocycles. The van der Waals surface area contributed by atoms with Gasteiger partial charge in [-0.3, -0.25) is 14.9 Å². The number of nitrogens with one attached hydrogen (secondary N) is 2. The van der Waals surface area contributed by atoms with Crippen LogP contribution < -0.4 is 5.32 Å². The molecule has 2 N–H and O–H groups in total. The zero-order valence-corrected chi connectivity index (χ0v) is 14.8. The van der Waals surface area contributed by atoms with Crippen LogP contribution in [0.2, 0.25) is 0 Å². The Balaban J connectivity index is 0.00000169. The van der Waals surface area contributed by atoms with E-state index < -0.39 is 0 Å². The fourth-order valence-corrected chi connectivity index (χ4v) is 3.83. The molecule has 1 unspecified atom stereocenters. The summed E-state index contributed by atoms with van der Waals surface area (Å²) in [6.45, 7) is 8.02. The second kappa shape index (κ2) is 8.12. The number of aromatic amines is 1. The van der Waals surface area contributed by atoms with Crippen LogP contribution in [0.4, 0.5) is 0 Å². The molecule has 24 heavy (non-hydrogen) atoms. The molecule has 0 spiro atoms. The number of benzene rings is 1. The van der Waals surface area contributed by atoms with Gasteiger partial charge in [-0.25, -0.2) is 0 Å². The topological polar surface area (TPSA) is 47.2 Å². The summed E-state index contributed by atoms with van der Waals surface area (Å²) in [7, 11) is 0. The summed E-state index contributed by atoms with van der Waals surface area (Å²) >= 11 is 0. The first-order valence-electron chi connectivity index (χ1n) is 8.65. The standard InChI is InChI=1S/C18H25N5.ClH/c1-2-4-15(5-3-1)18-16(12-20-21-18)13-22-9-6-17(14-22)23-10-7-19-8-11-23;/h1-5,12,17,19H,6-11,13-14H2,(H,20,21);1H. The molecule has 2 aliphatic heterocycles. The maximum absolute atomic E-state index is 4.28. The lowest BCUT2D eigenvalue weighted by Gasteiger charge is -2.32. The van der Waals surface area contributed by atoms with Gasteiger partial charge in [0.25, 0.3) is 0 Å². The number of halogens is 1. The van der Waals surface area contributed by atoms with Crippen LogP contribution in [0.3, 0.4) is 0 Å². The number of piperazine rings is 1. The maximum atomic E-state index is 4.28. The molecular weight excluding hydrogens is 322 g/mol. The lowest BCUT2D eigenvalue weighted by Crippen LogP contribution is -2.49. The van der Waals surface area contributed by atoms with Crippen molar-refractivity contribution in [1.29, 1.82) is 0 Å². The highest BCUT2D eigenvalue weighted by Gasteiger charge is 2.28. The highest BCUT2D eigenvalue weighted by atomic mass is 35.5. The van der Waals surface area contributed by atoms with Crippen LogP contribution in [0.1, 0.15) is 12.0 Å². The smallest absolute Gasteiger partial charge is 0.0695 e. The summed E-state index contributed by atoms with van der Waals surface area (Å²) in [5.74, 6) is 0. The van der Waals surface area contributed by atoms with Gasteiger partial charge in [0.1, 0.15) is 0 Å². The predicted octanol–water partition coefficient (Wildman–Crippen LogP) is 1.98. The van der Waals surface area contributed by atoms with E-state index in [0.29, 0.717) is 0 Å². The first-order valence-corrected chi connectivity index (χ1v) is 8.65. The van der Waals surface area contributed by atoms with Gasteiger partial charge < -0.3 is 5.32 Å². The summed E-state index contributed by atoms with van der Waals surface area (Å²) in [4.78, 5) is 5.23. The zero-order valence-electron chi connectivity index (χ0n) is 13.9. The number of rotatable bonds is 4. The molecule has 0 aliphatic carbocycles.